The number of hydrogen-bond donors (Lipinski definition) is 0. The Hall–Kier alpha value is -2.64. The molecule has 7 heteroatoms. The quantitative estimate of drug-likeness (QED) is 0.378. The highest BCUT2D eigenvalue weighted by Gasteiger charge is 2.20. The van der Waals surface area contributed by atoms with E-state index in [1.807, 2.05) is 24.3 Å². The Balaban J connectivity index is 1.03. The van der Waals surface area contributed by atoms with Gasteiger partial charge in [0.25, 0.3) is 0 Å². The van der Waals surface area contributed by atoms with Crippen LogP contribution in [0, 0.1) is 0 Å². The summed E-state index contributed by atoms with van der Waals surface area (Å²) in [7, 11) is 0. The first kappa shape index (κ1) is 20.3. The molecule has 0 aliphatic carbocycles. The number of unbranched alkanes of at least 4 members (excludes halogenated alkanes) is 3. The van der Waals surface area contributed by atoms with E-state index in [2.05, 4.69) is 34.1 Å². The fourth-order valence-corrected chi connectivity index (χ4v) is 5.26. The number of anilines is 1. The molecule has 0 saturated carbocycles. The Kier molecular flexibility index (Phi) is 6.04. The predicted molar refractivity (Wildman–Crippen MR) is 127 cm³/mol. The molecule has 4 aromatic rings. The van der Waals surface area contributed by atoms with Crippen LogP contribution < -0.4 is 10.7 Å². The van der Waals surface area contributed by atoms with Crippen molar-refractivity contribution in [1.29, 1.82) is 0 Å². The molecule has 1 fully saturated rings. The molecular formula is C24H28N4O2S. The molecule has 1 saturated heterocycles. The first-order valence-corrected chi connectivity index (χ1v) is 12.0. The van der Waals surface area contributed by atoms with Gasteiger partial charge in [0.1, 0.15) is 5.82 Å². The van der Waals surface area contributed by atoms with Gasteiger partial charge < -0.3 is 9.32 Å². The molecule has 2 aromatic heterocycles. The lowest BCUT2D eigenvalue weighted by atomic mass is 10.1. The SMILES string of the molecule is O=c1oc2ccccc2n1CCCCCCN1CCN(c2nsc3ccccc23)CC1. The Morgan fingerprint density at radius 3 is 2.48 bits per heavy atom. The molecule has 1 aliphatic rings. The van der Waals surface area contributed by atoms with E-state index in [-0.39, 0.29) is 5.76 Å². The van der Waals surface area contributed by atoms with Crippen LogP contribution >= 0.6 is 11.5 Å². The largest absolute Gasteiger partial charge is 0.419 e. The van der Waals surface area contributed by atoms with Crippen LogP contribution in [0.15, 0.2) is 57.7 Å². The number of para-hydroxylation sites is 2. The van der Waals surface area contributed by atoms with Gasteiger partial charge in [0, 0.05) is 38.1 Å². The molecule has 162 valence electrons. The second-order valence-corrected chi connectivity index (χ2v) is 9.04. The van der Waals surface area contributed by atoms with E-state index in [4.69, 9.17) is 8.79 Å². The van der Waals surface area contributed by atoms with Gasteiger partial charge in [-0.05, 0) is 55.2 Å². The predicted octanol–water partition coefficient (Wildman–Crippen LogP) is 4.59. The number of aryl methyl sites for hydroxylation is 1. The highest BCUT2D eigenvalue weighted by atomic mass is 32.1. The maximum atomic E-state index is 12.0. The minimum atomic E-state index is -0.244. The van der Waals surface area contributed by atoms with Gasteiger partial charge in [-0.1, -0.05) is 37.1 Å². The van der Waals surface area contributed by atoms with Crippen molar-refractivity contribution < 1.29 is 4.42 Å². The van der Waals surface area contributed by atoms with Gasteiger partial charge in [0.05, 0.1) is 10.2 Å². The van der Waals surface area contributed by atoms with Crippen molar-refractivity contribution in [2.45, 2.75) is 32.2 Å². The van der Waals surface area contributed by atoms with Crippen LogP contribution in [-0.2, 0) is 6.54 Å². The number of hydrogen-bond acceptors (Lipinski definition) is 6. The van der Waals surface area contributed by atoms with Crippen LogP contribution in [-0.4, -0.2) is 46.6 Å². The number of benzene rings is 2. The molecule has 0 unspecified atom stereocenters. The highest BCUT2D eigenvalue weighted by molar-refractivity contribution is 7.13. The molecular weight excluding hydrogens is 408 g/mol. The van der Waals surface area contributed by atoms with Crippen LogP contribution in [0.3, 0.4) is 0 Å². The highest BCUT2D eigenvalue weighted by Crippen LogP contribution is 2.29. The summed E-state index contributed by atoms with van der Waals surface area (Å²) in [6.45, 7) is 6.18. The van der Waals surface area contributed by atoms with Gasteiger partial charge in [0.2, 0.25) is 0 Å². The zero-order valence-corrected chi connectivity index (χ0v) is 18.5. The first-order chi connectivity index (χ1) is 15.3. The maximum Gasteiger partial charge on any atom is 0.419 e. The van der Waals surface area contributed by atoms with Crippen LogP contribution in [0.2, 0.25) is 0 Å². The standard InChI is InChI=1S/C24H28N4O2S/c29-24-28(20-10-4-5-11-21(20)30-24)14-8-2-1-7-13-26-15-17-27(18-16-26)23-19-9-3-6-12-22(19)31-25-23/h3-6,9-12H,1-2,7-8,13-18H2. The molecule has 0 atom stereocenters. The Labute approximate surface area is 185 Å². The third kappa shape index (κ3) is 4.38. The van der Waals surface area contributed by atoms with Crippen molar-refractivity contribution >= 4 is 38.5 Å². The van der Waals surface area contributed by atoms with Crippen molar-refractivity contribution in [3.8, 4) is 0 Å². The van der Waals surface area contributed by atoms with E-state index in [0.717, 1.165) is 63.4 Å². The molecule has 0 bridgehead atoms. The number of piperazine rings is 1. The summed E-state index contributed by atoms with van der Waals surface area (Å²) in [5.41, 5.74) is 1.58. The van der Waals surface area contributed by atoms with Crippen molar-refractivity contribution in [3.05, 3.63) is 59.1 Å². The number of nitrogens with zero attached hydrogens (tertiary/aromatic N) is 4. The minimum Gasteiger partial charge on any atom is -0.408 e. The van der Waals surface area contributed by atoms with Crippen molar-refractivity contribution in [2.75, 3.05) is 37.6 Å². The van der Waals surface area contributed by atoms with Crippen LogP contribution in [0.5, 0.6) is 0 Å². The lowest BCUT2D eigenvalue weighted by Crippen LogP contribution is -2.46. The molecule has 0 amide bonds. The third-order valence-corrected chi connectivity index (χ3v) is 7.03. The molecule has 1 aliphatic heterocycles. The van der Waals surface area contributed by atoms with Crippen LogP contribution in [0.1, 0.15) is 25.7 Å². The van der Waals surface area contributed by atoms with E-state index in [1.165, 1.54) is 22.9 Å². The minimum absolute atomic E-state index is 0.244. The second-order valence-electron chi connectivity index (χ2n) is 8.23. The molecule has 6 nitrogen and oxygen atoms in total. The number of oxazole rings is 1. The molecule has 0 radical (unpaired) electrons. The molecule has 0 spiro atoms. The summed E-state index contributed by atoms with van der Waals surface area (Å²) >= 11 is 1.60. The van der Waals surface area contributed by atoms with E-state index in [9.17, 15) is 4.79 Å². The average Bonchev–Trinajstić information content (AvgIpc) is 3.37. The molecule has 3 heterocycles. The lowest BCUT2D eigenvalue weighted by Gasteiger charge is -2.35. The van der Waals surface area contributed by atoms with Crippen LogP contribution in [0.4, 0.5) is 5.82 Å². The van der Waals surface area contributed by atoms with Gasteiger partial charge >= 0.3 is 5.76 Å². The van der Waals surface area contributed by atoms with Crippen LogP contribution in [0.25, 0.3) is 21.2 Å². The topological polar surface area (TPSA) is 54.5 Å². The van der Waals surface area contributed by atoms with Gasteiger partial charge in [-0.3, -0.25) is 9.47 Å². The fourth-order valence-electron chi connectivity index (χ4n) is 4.47. The smallest absolute Gasteiger partial charge is 0.408 e. The van der Waals surface area contributed by atoms with E-state index < -0.39 is 0 Å². The zero-order valence-electron chi connectivity index (χ0n) is 17.7. The molecule has 31 heavy (non-hydrogen) atoms. The number of fused-ring (bicyclic) bond motifs is 2. The zero-order chi connectivity index (χ0) is 21.0. The summed E-state index contributed by atoms with van der Waals surface area (Å²) in [4.78, 5) is 17.0. The lowest BCUT2D eigenvalue weighted by molar-refractivity contribution is 0.251. The molecule has 5 rings (SSSR count). The first-order valence-electron chi connectivity index (χ1n) is 11.2. The van der Waals surface area contributed by atoms with Gasteiger partial charge in [0.15, 0.2) is 5.58 Å². The Morgan fingerprint density at radius 2 is 1.61 bits per heavy atom. The van der Waals surface area contributed by atoms with Gasteiger partial charge in [-0.2, -0.15) is 4.37 Å². The van der Waals surface area contributed by atoms with Crippen molar-refractivity contribution in [1.82, 2.24) is 13.8 Å². The van der Waals surface area contributed by atoms with E-state index >= 15 is 0 Å². The van der Waals surface area contributed by atoms with Gasteiger partial charge in [-0.15, -0.1) is 0 Å². The normalized spacial score (nSPS) is 15.3. The summed E-state index contributed by atoms with van der Waals surface area (Å²) in [6, 6.07) is 16.2. The summed E-state index contributed by atoms with van der Waals surface area (Å²) in [6.07, 6.45) is 4.55. The molecule has 2 aromatic carbocycles. The second kappa shape index (κ2) is 9.24. The number of rotatable bonds is 8. The number of aromatic nitrogens is 2. The van der Waals surface area contributed by atoms with Gasteiger partial charge in [-0.25, -0.2) is 4.79 Å². The monoisotopic (exact) mass is 436 g/mol. The van der Waals surface area contributed by atoms with Crippen molar-refractivity contribution in [2.24, 2.45) is 0 Å². The Bertz CT molecular complexity index is 1200. The average molecular weight is 437 g/mol. The third-order valence-electron chi connectivity index (χ3n) is 6.21. The maximum absolute atomic E-state index is 12.0. The van der Waals surface area contributed by atoms with E-state index in [1.54, 1.807) is 16.1 Å². The summed E-state index contributed by atoms with van der Waals surface area (Å²) in [5.74, 6) is 0.911. The summed E-state index contributed by atoms with van der Waals surface area (Å²) < 4.78 is 13.0. The van der Waals surface area contributed by atoms with Crippen molar-refractivity contribution in [3.63, 3.8) is 0 Å². The van der Waals surface area contributed by atoms with E-state index in [0.29, 0.717) is 5.58 Å². The fraction of sp³-hybridized carbons (Fsp3) is 0.417. The molecule has 0 N–H and O–H groups in total. The Morgan fingerprint density at radius 1 is 0.871 bits per heavy atom. The summed E-state index contributed by atoms with van der Waals surface area (Å²) in [5, 5.41) is 1.28.